The molecule has 0 fully saturated rings. The molecule has 7 nitrogen and oxygen atoms in total. The lowest BCUT2D eigenvalue weighted by Crippen LogP contribution is -2.33. The zero-order valence-corrected chi connectivity index (χ0v) is 16.0. The second-order valence-electron chi connectivity index (χ2n) is 6.10. The molecule has 0 bridgehead atoms. The van der Waals surface area contributed by atoms with Gasteiger partial charge in [-0.15, -0.1) is 0 Å². The molecule has 1 aromatic carbocycles. The van der Waals surface area contributed by atoms with Gasteiger partial charge >= 0.3 is 12.0 Å². The Bertz CT molecular complexity index is 798. The number of benzene rings is 1. The first kappa shape index (κ1) is 19.5. The molecular formula is C19H26N4O3. The number of methoxy groups -OCH3 is 1. The molecule has 1 heterocycles. The molecule has 1 aromatic heterocycles. The molecule has 2 aromatic rings. The van der Waals surface area contributed by atoms with Gasteiger partial charge in [-0.1, -0.05) is 12.1 Å². The van der Waals surface area contributed by atoms with Crippen LogP contribution in [0.5, 0.6) is 0 Å². The molecule has 1 N–H and O–H groups in total. The molecular weight excluding hydrogens is 332 g/mol. The smallest absolute Gasteiger partial charge is 0.339 e. The highest BCUT2D eigenvalue weighted by Crippen LogP contribution is 2.17. The molecule has 26 heavy (non-hydrogen) atoms. The summed E-state index contributed by atoms with van der Waals surface area (Å²) in [5.41, 5.74) is 4.06. The molecule has 0 saturated heterocycles. The SMILES string of the molecule is CCn1nc(C)c(CCN(C)C(=O)Nc2ccccc2C(=O)OC)c1C. The highest BCUT2D eigenvalue weighted by atomic mass is 16.5. The fourth-order valence-electron chi connectivity index (χ4n) is 2.88. The number of urea groups is 1. The van der Waals surface area contributed by atoms with E-state index >= 15 is 0 Å². The lowest BCUT2D eigenvalue weighted by molar-refractivity contribution is 0.0602. The van der Waals surface area contributed by atoms with E-state index in [1.54, 1.807) is 36.2 Å². The number of nitrogens with zero attached hydrogens (tertiary/aromatic N) is 3. The summed E-state index contributed by atoms with van der Waals surface area (Å²) in [6, 6.07) is 6.50. The number of rotatable bonds is 6. The van der Waals surface area contributed by atoms with E-state index in [4.69, 9.17) is 4.74 Å². The fourth-order valence-corrected chi connectivity index (χ4v) is 2.88. The number of aromatic nitrogens is 2. The number of ether oxygens (including phenoxy) is 1. The van der Waals surface area contributed by atoms with E-state index in [-0.39, 0.29) is 6.03 Å². The normalized spacial score (nSPS) is 10.5. The Morgan fingerprint density at radius 1 is 1.27 bits per heavy atom. The van der Waals surface area contributed by atoms with Gasteiger partial charge in [-0.05, 0) is 44.9 Å². The Hall–Kier alpha value is -2.83. The molecule has 7 heteroatoms. The van der Waals surface area contributed by atoms with Gasteiger partial charge in [-0.2, -0.15) is 5.10 Å². The Labute approximate surface area is 153 Å². The molecule has 0 spiro atoms. The average molecular weight is 358 g/mol. The van der Waals surface area contributed by atoms with E-state index in [9.17, 15) is 9.59 Å². The van der Waals surface area contributed by atoms with Crippen LogP contribution < -0.4 is 5.32 Å². The van der Waals surface area contributed by atoms with Gasteiger partial charge in [0.15, 0.2) is 0 Å². The monoisotopic (exact) mass is 358 g/mol. The number of hydrogen-bond acceptors (Lipinski definition) is 4. The third-order valence-electron chi connectivity index (χ3n) is 4.45. The summed E-state index contributed by atoms with van der Waals surface area (Å²) in [5, 5.41) is 7.28. The van der Waals surface area contributed by atoms with E-state index in [0.29, 0.717) is 17.8 Å². The molecule has 0 aliphatic heterocycles. The van der Waals surface area contributed by atoms with E-state index in [1.807, 2.05) is 18.5 Å². The standard InChI is InChI=1S/C19H26N4O3/c1-6-23-14(3)15(13(2)21-23)11-12-22(4)19(25)20-17-10-8-7-9-16(17)18(24)26-5/h7-10H,6,11-12H2,1-5H3,(H,20,25). The summed E-state index contributed by atoms with van der Waals surface area (Å²) >= 11 is 0. The topological polar surface area (TPSA) is 76.5 Å². The highest BCUT2D eigenvalue weighted by molar-refractivity contribution is 6.00. The molecule has 0 radical (unpaired) electrons. The van der Waals surface area contributed by atoms with Crippen molar-refractivity contribution in [1.29, 1.82) is 0 Å². The number of esters is 1. The van der Waals surface area contributed by atoms with Crippen LogP contribution in [0.4, 0.5) is 10.5 Å². The van der Waals surface area contributed by atoms with Crippen molar-refractivity contribution in [2.75, 3.05) is 26.0 Å². The Morgan fingerprint density at radius 2 is 1.96 bits per heavy atom. The first-order chi connectivity index (χ1) is 12.4. The van der Waals surface area contributed by atoms with Gasteiger partial charge in [0.1, 0.15) is 0 Å². The van der Waals surface area contributed by atoms with E-state index in [1.165, 1.54) is 12.7 Å². The third kappa shape index (κ3) is 4.22. The van der Waals surface area contributed by atoms with Crippen molar-refractivity contribution < 1.29 is 14.3 Å². The van der Waals surface area contributed by atoms with Crippen LogP contribution in [0.1, 0.15) is 34.2 Å². The zero-order chi connectivity index (χ0) is 19.3. The van der Waals surface area contributed by atoms with Gasteiger partial charge in [0.05, 0.1) is 24.1 Å². The van der Waals surface area contributed by atoms with Crippen LogP contribution in [0.3, 0.4) is 0 Å². The maximum atomic E-state index is 12.5. The van der Waals surface area contributed by atoms with Crippen LogP contribution in [0.25, 0.3) is 0 Å². The summed E-state index contributed by atoms with van der Waals surface area (Å²) in [5.74, 6) is -0.484. The van der Waals surface area contributed by atoms with Crippen LogP contribution in [0, 0.1) is 13.8 Å². The number of amides is 2. The number of hydrogen-bond donors (Lipinski definition) is 1. The van der Waals surface area contributed by atoms with E-state index in [2.05, 4.69) is 17.3 Å². The van der Waals surface area contributed by atoms with Gasteiger partial charge < -0.3 is 15.0 Å². The third-order valence-corrected chi connectivity index (χ3v) is 4.45. The summed E-state index contributed by atoms with van der Waals surface area (Å²) in [6.07, 6.45) is 0.722. The molecule has 0 saturated carbocycles. The number of para-hydroxylation sites is 1. The van der Waals surface area contributed by atoms with Crippen molar-refractivity contribution in [2.45, 2.75) is 33.7 Å². The van der Waals surface area contributed by atoms with Crippen LogP contribution in [-0.2, 0) is 17.7 Å². The van der Waals surface area contributed by atoms with Crippen molar-refractivity contribution >= 4 is 17.7 Å². The van der Waals surface area contributed by atoms with Crippen LogP contribution in [-0.4, -0.2) is 47.4 Å². The molecule has 2 amide bonds. The number of anilines is 1. The van der Waals surface area contributed by atoms with Crippen molar-refractivity contribution in [1.82, 2.24) is 14.7 Å². The molecule has 0 aliphatic rings. The quantitative estimate of drug-likeness (QED) is 0.806. The van der Waals surface area contributed by atoms with Crippen molar-refractivity contribution in [2.24, 2.45) is 0 Å². The van der Waals surface area contributed by atoms with Gasteiger partial charge in [0.2, 0.25) is 0 Å². The summed E-state index contributed by atoms with van der Waals surface area (Å²) in [6.45, 7) is 7.46. The van der Waals surface area contributed by atoms with Crippen molar-refractivity contribution in [3.8, 4) is 0 Å². The minimum Gasteiger partial charge on any atom is -0.465 e. The summed E-state index contributed by atoms with van der Waals surface area (Å²) < 4.78 is 6.72. The number of aryl methyl sites for hydroxylation is 2. The minimum absolute atomic E-state index is 0.278. The number of carbonyl (C=O) groups excluding carboxylic acids is 2. The Balaban J connectivity index is 2.03. The molecule has 0 aliphatic carbocycles. The first-order valence-corrected chi connectivity index (χ1v) is 8.61. The fraction of sp³-hybridized carbons (Fsp3) is 0.421. The largest absolute Gasteiger partial charge is 0.465 e. The molecule has 140 valence electrons. The van der Waals surface area contributed by atoms with Crippen LogP contribution in [0.15, 0.2) is 24.3 Å². The second-order valence-corrected chi connectivity index (χ2v) is 6.10. The minimum atomic E-state index is -0.484. The zero-order valence-electron chi connectivity index (χ0n) is 16.0. The van der Waals surface area contributed by atoms with Gasteiger partial charge in [-0.25, -0.2) is 9.59 Å². The van der Waals surface area contributed by atoms with Gasteiger partial charge in [-0.3, -0.25) is 4.68 Å². The maximum Gasteiger partial charge on any atom is 0.339 e. The number of likely N-dealkylation sites (N-methyl/N-ethyl adjacent to an activating group) is 1. The van der Waals surface area contributed by atoms with Crippen LogP contribution >= 0.6 is 0 Å². The number of nitrogens with one attached hydrogen (secondary N) is 1. The van der Waals surface area contributed by atoms with Gasteiger partial charge in [0, 0.05) is 25.8 Å². The van der Waals surface area contributed by atoms with E-state index < -0.39 is 5.97 Å². The van der Waals surface area contributed by atoms with Crippen molar-refractivity contribution in [3.63, 3.8) is 0 Å². The van der Waals surface area contributed by atoms with E-state index in [0.717, 1.165) is 24.4 Å². The summed E-state index contributed by atoms with van der Waals surface area (Å²) in [4.78, 5) is 25.9. The first-order valence-electron chi connectivity index (χ1n) is 8.61. The molecule has 2 rings (SSSR count). The Kier molecular flexibility index (Phi) is 6.38. The summed E-state index contributed by atoms with van der Waals surface area (Å²) in [7, 11) is 3.04. The van der Waals surface area contributed by atoms with Crippen molar-refractivity contribution in [3.05, 3.63) is 46.8 Å². The second kappa shape index (κ2) is 8.51. The molecule has 0 atom stereocenters. The van der Waals surface area contributed by atoms with Gasteiger partial charge in [0.25, 0.3) is 0 Å². The highest BCUT2D eigenvalue weighted by Gasteiger charge is 2.17. The molecule has 0 unspecified atom stereocenters. The average Bonchev–Trinajstić information content (AvgIpc) is 2.92. The Morgan fingerprint density at radius 3 is 2.58 bits per heavy atom. The number of carbonyl (C=O) groups is 2. The van der Waals surface area contributed by atoms with Crippen LogP contribution in [0.2, 0.25) is 0 Å². The maximum absolute atomic E-state index is 12.5. The predicted octanol–water partition coefficient (Wildman–Crippen LogP) is 3.01. The lowest BCUT2D eigenvalue weighted by Gasteiger charge is -2.19. The predicted molar refractivity (Wildman–Crippen MR) is 101 cm³/mol. The lowest BCUT2D eigenvalue weighted by atomic mass is 10.1.